The Morgan fingerprint density at radius 3 is 2.66 bits per heavy atom. The van der Waals surface area contributed by atoms with E-state index in [1.54, 1.807) is 13.8 Å². The summed E-state index contributed by atoms with van der Waals surface area (Å²) in [6.45, 7) is 5.67. The number of hydrogen-bond acceptors (Lipinski definition) is 7. The molecule has 4 N–H and O–H groups in total. The molecule has 1 saturated carbocycles. The molecule has 0 unspecified atom stereocenters. The van der Waals surface area contributed by atoms with E-state index in [0.29, 0.717) is 41.5 Å². The topological polar surface area (TPSA) is 148 Å². The highest BCUT2D eigenvalue weighted by Gasteiger charge is 2.52. The standard InChI is InChI=1S/C18H24N8O3/c1-9-4-6-18(7-5-9)14(28)26(17(29)22-18)23-13(27)8-12-10(2)20-16-21-15(19)24-25(16)11(12)3/h9H,4-8H2,1-3H3,(H2,19,24)(H,22,29)(H,23,27). The molecule has 1 aliphatic heterocycles. The van der Waals surface area contributed by atoms with Crippen LogP contribution in [-0.4, -0.2) is 48.0 Å². The molecule has 0 radical (unpaired) electrons. The van der Waals surface area contributed by atoms with Crippen molar-refractivity contribution in [3.05, 3.63) is 17.0 Å². The number of hydrazine groups is 1. The first-order valence-corrected chi connectivity index (χ1v) is 9.65. The van der Waals surface area contributed by atoms with Crippen LogP contribution in [0.15, 0.2) is 0 Å². The minimum absolute atomic E-state index is 0.0680. The fourth-order valence-electron chi connectivity index (χ4n) is 4.12. The van der Waals surface area contributed by atoms with Gasteiger partial charge in [-0.15, -0.1) is 5.10 Å². The van der Waals surface area contributed by atoms with E-state index in [1.807, 2.05) is 0 Å². The van der Waals surface area contributed by atoms with Gasteiger partial charge in [-0.3, -0.25) is 15.0 Å². The minimum atomic E-state index is -0.901. The number of fused-ring (bicyclic) bond motifs is 1. The number of urea groups is 1. The van der Waals surface area contributed by atoms with Crippen LogP contribution in [0.5, 0.6) is 0 Å². The van der Waals surface area contributed by atoms with Gasteiger partial charge in [0.15, 0.2) is 0 Å². The van der Waals surface area contributed by atoms with Gasteiger partial charge in [-0.25, -0.2) is 9.78 Å². The van der Waals surface area contributed by atoms with Gasteiger partial charge < -0.3 is 11.1 Å². The van der Waals surface area contributed by atoms with E-state index in [2.05, 4.69) is 32.7 Å². The number of carbonyl (C=O) groups excluding carboxylic acids is 3. The Morgan fingerprint density at radius 2 is 1.97 bits per heavy atom. The lowest BCUT2D eigenvalue weighted by Crippen LogP contribution is -2.51. The monoisotopic (exact) mass is 400 g/mol. The minimum Gasteiger partial charge on any atom is -0.366 e. The van der Waals surface area contributed by atoms with E-state index in [1.165, 1.54) is 4.52 Å². The lowest BCUT2D eigenvalue weighted by Gasteiger charge is -2.33. The van der Waals surface area contributed by atoms with E-state index in [0.717, 1.165) is 17.9 Å². The molecule has 0 aromatic carbocycles. The van der Waals surface area contributed by atoms with Crippen molar-refractivity contribution in [1.29, 1.82) is 0 Å². The molecule has 3 heterocycles. The van der Waals surface area contributed by atoms with Crippen molar-refractivity contribution < 1.29 is 14.4 Å². The summed E-state index contributed by atoms with van der Waals surface area (Å²) in [5.74, 6) is 0.0782. The zero-order chi connectivity index (χ0) is 20.9. The van der Waals surface area contributed by atoms with Crippen LogP contribution in [0.4, 0.5) is 10.7 Å². The highest BCUT2D eigenvalue weighted by atomic mass is 16.2. The van der Waals surface area contributed by atoms with Gasteiger partial charge in [0.1, 0.15) is 5.54 Å². The van der Waals surface area contributed by atoms with Crippen LogP contribution in [0.2, 0.25) is 0 Å². The predicted octanol–water partition coefficient (Wildman–Crippen LogP) is 0.398. The smallest absolute Gasteiger partial charge is 0.344 e. The van der Waals surface area contributed by atoms with Crippen LogP contribution in [0.25, 0.3) is 5.78 Å². The number of carbonyl (C=O) groups is 3. The van der Waals surface area contributed by atoms with Crippen molar-refractivity contribution in [2.75, 3.05) is 5.73 Å². The van der Waals surface area contributed by atoms with Gasteiger partial charge in [-0.05, 0) is 45.4 Å². The number of nitrogens with two attached hydrogens (primary N) is 1. The van der Waals surface area contributed by atoms with Crippen LogP contribution < -0.4 is 16.5 Å². The second-order valence-corrected chi connectivity index (χ2v) is 7.99. The third-order valence-corrected chi connectivity index (χ3v) is 5.93. The average Bonchev–Trinajstić information content (AvgIpc) is 3.14. The fraction of sp³-hybridized carbons (Fsp3) is 0.556. The number of aromatic nitrogens is 4. The Balaban J connectivity index is 1.51. The first-order valence-electron chi connectivity index (χ1n) is 9.65. The molecule has 0 bridgehead atoms. The maximum atomic E-state index is 12.9. The third kappa shape index (κ3) is 3.15. The van der Waals surface area contributed by atoms with Crippen molar-refractivity contribution in [1.82, 2.24) is 35.3 Å². The summed E-state index contributed by atoms with van der Waals surface area (Å²) in [7, 11) is 0. The number of anilines is 1. The quantitative estimate of drug-likeness (QED) is 0.632. The molecule has 11 nitrogen and oxygen atoms in total. The summed E-state index contributed by atoms with van der Waals surface area (Å²) < 4.78 is 1.47. The molecule has 4 amide bonds. The number of nitrogens with one attached hydrogen (secondary N) is 2. The Labute approximate surface area is 167 Å². The second kappa shape index (κ2) is 6.68. The SMILES string of the molecule is Cc1nc2nc(N)nn2c(C)c1CC(=O)NN1C(=O)NC2(CCC(C)CC2)C1=O. The third-order valence-electron chi connectivity index (χ3n) is 5.93. The van der Waals surface area contributed by atoms with Crippen LogP contribution in [0.1, 0.15) is 49.6 Å². The number of nitrogen functional groups attached to an aromatic ring is 1. The molecular weight excluding hydrogens is 376 g/mol. The van der Waals surface area contributed by atoms with Crippen molar-refractivity contribution in [3.63, 3.8) is 0 Å². The van der Waals surface area contributed by atoms with Crippen molar-refractivity contribution >= 4 is 29.6 Å². The molecule has 4 rings (SSSR count). The van der Waals surface area contributed by atoms with Gasteiger partial charge in [-0.2, -0.15) is 14.5 Å². The van der Waals surface area contributed by atoms with Crippen molar-refractivity contribution in [3.8, 4) is 0 Å². The Morgan fingerprint density at radius 1 is 1.28 bits per heavy atom. The largest absolute Gasteiger partial charge is 0.366 e. The molecule has 11 heteroatoms. The molecule has 1 saturated heterocycles. The molecule has 154 valence electrons. The molecule has 2 fully saturated rings. The highest BCUT2D eigenvalue weighted by Crippen LogP contribution is 2.35. The van der Waals surface area contributed by atoms with Crippen LogP contribution in [0.3, 0.4) is 0 Å². The Bertz CT molecular complexity index is 1020. The maximum absolute atomic E-state index is 12.9. The van der Waals surface area contributed by atoms with Gasteiger partial charge in [0.05, 0.1) is 6.42 Å². The zero-order valence-corrected chi connectivity index (χ0v) is 16.7. The molecular formula is C18H24N8O3. The lowest BCUT2D eigenvalue weighted by atomic mass is 9.77. The van der Waals surface area contributed by atoms with Gasteiger partial charge in [0.2, 0.25) is 11.9 Å². The van der Waals surface area contributed by atoms with E-state index < -0.39 is 23.4 Å². The Hall–Kier alpha value is -3.24. The van der Waals surface area contributed by atoms with Gasteiger partial charge in [-0.1, -0.05) is 6.92 Å². The molecule has 29 heavy (non-hydrogen) atoms. The van der Waals surface area contributed by atoms with Gasteiger partial charge in [0, 0.05) is 17.0 Å². The van der Waals surface area contributed by atoms with Gasteiger partial charge in [0.25, 0.3) is 11.7 Å². The summed E-state index contributed by atoms with van der Waals surface area (Å²) in [5, 5.41) is 7.66. The second-order valence-electron chi connectivity index (χ2n) is 7.99. The molecule has 2 aromatic rings. The van der Waals surface area contributed by atoms with E-state index >= 15 is 0 Å². The highest BCUT2D eigenvalue weighted by molar-refractivity contribution is 6.08. The van der Waals surface area contributed by atoms with Crippen LogP contribution in [0, 0.1) is 19.8 Å². The first kappa shape index (κ1) is 19.1. The van der Waals surface area contributed by atoms with Crippen molar-refractivity contribution in [2.24, 2.45) is 5.92 Å². The fourth-order valence-corrected chi connectivity index (χ4v) is 4.12. The number of hydrogen-bond donors (Lipinski definition) is 3. The van der Waals surface area contributed by atoms with E-state index in [-0.39, 0.29) is 12.4 Å². The zero-order valence-electron chi connectivity index (χ0n) is 16.7. The summed E-state index contributed by atoms with van der Waals surface area (Å²) >= 11 is 0. The number of amides is 4. The summed E-state index contributed by atoms with van der Waals surface area (Å²) in [4.78, 5) is 46.2. The number of imide groups is 1. The summed E-state index contributed by atoms with van der Waals surface area (Å²) in [5.41, 5.74) is 9.08. The van der Waals surface area contributed by atoms with E-state index in [9.17, 15) is 14.4 Å². The Kier molecular flexibility index (Phi) is 4.39. The maximum Gasteiger partial charge on any atom is 0.344 e. The van der Waals surface area contributed by atoms with Crippen LogP contribution in [-0.2, 0) is 16.0 Å². The summed E-state index contributed by atoms with van der Waals surface area (Å²) in [6, 6.07) is -0.594. The predicted molar refractivity (Wildman–Crippen MR) is 102 cm³/mol. The lowest BCUT2D eigenvalue weighted by molar-refractivity contribution is -0.139. The molecule has 1 aliphatic carbocycles. The summed E-state index contributed by atoms with van der Waals surface area (Å²) in [6.07, 6.45) is 2.81. The number of aryl methyl sites for hydroxylation is 2. The average molecular weight is 400 g/mol. The molecule has 2 aliphatic rings. The molecule has 0 atom stereocenters. The number of rotatable bonds is 3. The van der Waals surface area contributed by atoms with Crippen LogP contribution >= 0.6 is 0 Å². The van der Waals surface area contributed by atoms with E-state index in [4.69, 9.17) is 5.73 Å². The molecule has 1 spiro atoms. The van der Waals surface area contributed by atoms with Gasteiger partial charge >= 0.3 is 6.03 Å². The van der Waals surface area contributed by atoms with Crippen molar-refractivity contribution in [2.45, 2.75) is 58.4 Å². The molecule has 2 aromatic heterocycles. The first-order chi connectivity index (χ1) is 13.7. The normalized spacial score (nSPS) is 24.4. The number of nitrogens with zero attached hydrogens (tertiary/aromatic N) is 5.